The molecule has 1 aromatic carbocycles. The van der Waals surface area contributed by atoms with Gasteiger partial charge in [0.25, 0.3) is 0 Å². The Labute approximate surface area is 103 Å². The lowest BCUT2D eigenvalue weighted by Gasteiger charge is -2.12. The number of imidazole rings is 1. The summed E-state index contributed by atoms with van der Waals surface area (Å²) in [5.41, 5.74) is 2.17. The average molecular weight is 231 g/mol. The van der Waals surface area contributed by atoms with Gasteiger partial charge < -0.3 is 10.3 Å². The Hall–Kier alpha value is -1.35. The second-order valence-corrected chi connectivity index (χ2v) is 4.51. The molecular formula is C14H21N3. The molecule has 0 saturated carbocycles. The minimum absolute atomic E-state index is 0.777. The van der Waals surface area contributed by atoms with Gasteiger partial charge in [-0.15, -0.1) is 0 Å². The van der Waals surface area contributed by atoms with Gasteiger partial charge in [-0.05, 0) is 24.6 Å². The van der Waals surface area contributed by atoms with Gasteiger partial charge in [0.2, 0.25) is 0 Å². The number of benzene rings is 1. The van der Waals surface area contributed by atoms with Crippen molar-refractivity contribution in [3.8, 4) is 0 Å². The summed E-state index contributed by atoms with van der Waals surface area (Å²) in [5.74, 6) is 1.80. The molecule has 2 N–H and O–H groups in total. The second-order valence-electron chi connectivity index (χ2n) is 4.51. The molecule has 0 bridgehead atoms. The Bertz CT molecular complexity index is 424. The Morgan fingerprint density at radius 2 is 2.00 bits per heavy atom. The molecule has 0 atom stereocenters. The van der Waals surface area contributed by atoms with E-state index in [0.29, 0.717) is 0 Å². The zero-order chi connectivity index (χ0) is 12.1. The van der Waals surface area contributed by atoms with Crippen LogP contribution < -0.4 is 5.32 Å². The highest BCUT2D eigenvalue weighted by molar-refractivity contribution is 5.74. The maximum absolute atomic E-state index is 4.54. The predicted molar refractivity (Wildman–Crippen MR) is 71.9 cm³/mol. The smallest absolute Gasteiger partial charge is 0.121 e. The SMILES string of the molecule is CCC(CC)CNCc1nc2ccccc2[nH]1. The van der Waals surface area contributed by atoms with E-state index in [9.17, 15) is 0 Å². The van der Waals surface area contributed by atoms with Crippen LogP contribution in [0, 0.1) is 5.92 Å². The average Bonchev–Trinajstić information content (AvgIpc) is 2.77. The molecule has 0 aliphatic carbocycles. The van der Waals surface area contributed by atoms with E-state index in [4.69, 9.17) is 0 Å². The summed E-state index contributed by atoms with van der Waals surface area (Å²) in [6.45, 7) is 6.39. The van der Waals surface area contributed by atoms with Gasteiger partial charge >= 0.3 is 0 Å². The van der Waals surface area contributed by atoms with E-state index in [1.54, 1.807) is 0 Å². The quantitative estimate of drug-likeness (QED) is 0.802. The molecule has 0 unspecified atom stereocenters. The van der Waals surface area contributed by atoms with E-state index in [1.165, 1.54) is 12.8 Å². The van der Waals surface area contributed by atoms with Gasteiger partial charge in [-0.1, -0.05) is 38.8 Å². The zero-order valence-corrected chi connectivity index (χ0v) is 10.7. The molecule has 3 nitrogen and oxygen atoms in total. The Morgan fingerprint density at radius 3 is 2.71 bits per heavy atom. The normalized spacial score (nSPS) is 11.5. The molecule has 0 spiro atoms. The lowest BCUT2D eigenvalue weighted by Crippen LogP contribution is -2.22. The maximum atomic E-state index is 4.54. The molecule has 92 valence electrons. The lowest BCUT2D eigenvalue weighted by molar-refractivity contribution is 0.447. The Balaban J connectivity index is 1.90. The minimum atomic E-state index is 0.777. The minimum Gasteiger partial charge on any atom is -0.341 e. The van der Waals surface area contributed by atoms with Crippen molar-refractivity contribution in [1.29, 1.82) is 0 Å². The first kappa shape index (κ1) is 12.1. The van der Waals surface area contributed by atoms with Crippen LogP contribution in [-0.4, -0.2) is 16.5 Å². The number of nitrogens with one attached hydrogen (secondary N) is 2. The van der Waals surface area contributed by atoms with E-state index in [-0.39, 0.29) is 0 Å². The third kappa shape index (κ3) is 3.07. The fraction of sp³-hybridized carbons (Fsp3) is 0.500. The molecule has 0 aliphatic heterocycles. The maximum Gasteiger partial charge on any atom is 0.121 e. The van der Waals surface area contributed by atoms with Crippen LogP contribution in [0.25, 0.3) is 11.0 Å². The predicted octanol–water partition coefficient (Wildman–Crippen LogP) is 3.09. The van der Waals surface area contributed by atoms with Crippen molar-refractivity contribution in [1.82, 2.24) is 15.3 Å². The van der Waals surface area contributed by atoms with Crippen LogP contribution in [0.1, 0.15) is 32.5 Å². The van der Waals surface area contributed by atoms with Gasteiger partial charge in [0, 0.05) is 0 Å². The highest BCUT2D eigenvalue weighted by Gasteiger charge is 2.04. The highest BCUT2D eigenvalue weighted by atomic mass is 15.0. The molecule has 2 rings (SSSR count). The van der Waals surface area contributed by atoms with Crippen molar-refractivity contribution >= 4 is 11.0 Å². The Morgan fingerprint density at radius 1 is 1.24 bits per heavy atom. The van der Waals surface area contributed by atoms with E-state index >= 15 is 0 Å². The zero-order valence-electron chi connectivity index (χ0n) is 10.7. The van der Waals surface area contributed by atoms with Crippen LogP contribution in [0.15, 0.2) is 24.3 Å². The molecule has 17 heavy (non-hydrogen) atoms. The van der Waals surface area contributed by atoms with E-state index in [1.807, 2.05) is 18.2 Å². The molecule has 3 heteroatoms. The van der Waals surface area contributed by atoms with Crippen LogP contribution >= 0.6 is 0 Å². The first-order chi connectivity index (χ1) is 8.33. The summed E-state index contributed by atoms with van der Waals surface area (Å²) in [5, 5.41) is 3.47. The summed E-state index contributed by atoms with van der Waals surface area (Å²) < 4.78 is 0. The van der Waals surface area contributed by atoms with Crippen molar-refractivity contribution in [2.75, 3.05) is 6.54 Å². The molecule has 0 fully saturated rings. The fourth-order valence-corrected chi connectivity index (χ4v) is 2.06. The number of aromatic nitrogens is 2. The van der Waals surface area contributed by atoms with Crippen molar-refractivity contribution < 1.29 is 0 Å². The second kappa shape index (κ2) is 5.82. The van der Waals surface area contributed by atoms with Crippen LogP contribution in [0.4, 0.5) is 0 Å². The number of hydrogen-bond acceptors (Lipinski definition) is 2. The number of para-hydroxylation sites is 2. The van der Waals surface area contributed by atoms with Crippen LogP contribution in [-0.2, 0) is 6.54 Å². The van der Waals surface area contributed by atoms with Crippen LogP contribution in [0.2, 0.25) is 0 Å². The molecule has 0 radical (unpaired) electrons. The molecule has 0 aliphatic rings. The number of fused-ring (bicyclic) bond motifs is 1. The number of hydrogen-bond donors (Lipinski definition) is 2. The summed E-state index contributed by atoms with van der Waals surface area (Å²) >= 11 is 0. The Kier molecular flexibility index (Phi) is 4.15. The molecule has 0 amide bonds. The number of aromatic amines is 1. The van der Waals surface area contributed by atoms with Gasteiger partial charge in [-0.3, -0.25) is 0 Å². The van der Waals surface area contributed by atoms with Gasteiger partial charge in [-0.25, -0.2) is 4.98 Å². The van der Waals surface area contributed by atoms with Crippen molar-refractivity contribution in [3.05, 3.63) is 30.1 Å². The fourth-order valence-electron chi connectivity index (χ4n) is 2.06. The topological polar surface area (TPSA) is 40.7 Å². The van der Waals surface area contributed by atoms with Gasteiger partial charge in [0.15, 0.2) is 0 Å². The first-order valence-corrected chi connectivity index (χ1v) is 6.47. The molecular weight excluding hydrogens is 210 g/mol. The van der Waals surface area contributed by atoms with Gasteiger partial charge in [-0.2, -0.15) is 0 Å². The standard InChI is InChI=1S/C14H21N3/c1-3-11(4-2)9-15-10-14-16-12-7-5-6-8-13(12)17-14/h5-8,11,15H,3-4,9-10H2,1-2H3,(H,16,17). The third-order valence-electron chi connectivity index (χ3n) is 3.32. The largest absolute Gasteiger partial charge is 0.341 e. The van der Waals surface area contributed by atoms with Crippen molar-refractivity contribution in [2.45, 2.75) is 33.2 Å². The van der Waals surface area contributed by atoms with Crippen LogP contribution in [0.3, 0.4) is 0 Å². The molecule has 1 aromatic heterocycles. The first-order valence-electron chi connectivity index (χ1n) is 6.47. The highest BCUT2D eigenvalue weighted by Crippen LogP contribution is 2.10. The van der Waals surface area contributed by atoms with E-state index in [2.05, 4.69) is 35.2 Å². The summed E-state index contributed by atoms with van der Waals surface area (Å²) in [4.78, 5) is 7.87. The number of H-pyrrole nitrogens is 1. The lowest BCUT2D eigenvalue weighted by atomic mass is 10.0. The monoisotopic (exact) mass is 231 g/mol. The van der Waals surface area contributed by atoms with E-state index < -0.39 is 0 Å². The summed E-state index contributed by atoms with van der Waals surface area (Å²) in [6.07, 6.45) is 2.48. The van der Waals surface area contributed by atoms with Crippen molar-refractivity contribution in [3.63, 3.8) is 0 Å². The summed E-state index contributed by atoms with van der Waals surface area (Å²) in [6, 6.07) is 8.15. The van der Waals surface area contributed by atoms with E-state index in [0.717, 1.165) is 35.9 Å². The van der Waals surface area contributed by atoms with Crippen LogP contribution in [0.5, 0.6) is 0 Å². The number of rotatable bonds is 6. The van der Waals surface area contributed by atoms with Gasteiger partial charge in [0.1, 0.15) is 5.82 Å². The molecule has 2 aromatic rings. The molecule has 1 heterocycles. The van der Waals surface area contributed by atoms with Crippen molar-refractivity contribution in [2.24, 2.45) is 5.92 Å². The van der Waals surface area contributed by atoms with Gasteiger partial charge in [0.05, 0.1) is 17.6 Å². The third-order valence-corrected chi connectivity index (χ3v) is 3.32. The molecule has 0 saturated heterocycles. The number of nitrogens with zero attached hydrogens (tertiary/aromatic N) is 1. The summed E-state index contributed by atoms with van der Waals surface area (Å²) in [7, 11) is 0.